The number of rotatable bonds is 7. The molecule has 1 amide bonds. The maximum absolute atomic E-state index is 12.1. The van der Waals surface area contributed by atoms with Crippen molar-refractivity contribution in [2.45, 2.75) is 19.8 Å². The Hall–Kier alpha value is -1.89. The van der Waals surface area contributed by atoms with E-state index < -0.39 is 0 Å². The molecule has 0 aromatic carbocycles. The molecule has 1 aromatic rings. The molecule has 2 rings (SSSR count). The van der Waals surface area contributed by atoms with E-state index in [4.69, 9.17) is 9.47 Å². The average molecular weight is 308 g/mol. The average Bonchev–Trinajstić information content (AvgIpc) is 2.59. The summed E-state index contributed by atoms with van der Waals surface area (Å²) in [7, 11) is 1.59. The van der Waals surface area contributed by atoms with Gasteiger partial charge in [-0.25, -0.2) is 4.98 Å². The van der Waals surface area contributed by atoms with E-state index in [-0.39, 0.29) is 11.8 Å². The molecule has 1 saturated heterocycles. The fourth-order valence-electron chi connectivity index (χ4n) is 2.48. The Morgan fingerprint density at radius 2 is 2.23 bits per heavy atom. The first-order valence-corrected chi connectivity index (χ1v) is 7.72. The lowest BCUT2D eigenvalue weighted by Gasteiger charge is -2.31. The van der Waals surface area contributed by atoms with Gasteiger partial charge in [-0.15, -0.1) is 0 Å². The number of nitrogens with zero attached hydrogens (tertiary/aromatic N) is 3. The van der Waals surface area contributed by atoms with Crippen LogP contribution in [0.2, 0.25) is 0 Å². The number of carbonyl (C=O) groups is 1. The lowest BCUT2D eigenvalue weighted by Crippen LogP contribution is -2.41. The first-order valence-electron chi connectivity index (χ1n) is 7.72. The second kappa shape index (κ2) is 8.53. The number of piperidine rings is 1. The summed E-state index contributed by atoms with van der Waals surface area (Å²) < 4.78 is 10.3. The maximum atomic E-state index is 12.1. The molecule has 1 aliphatic heterocycles. The Labute approximate surface area is 131 Å². The predicted molar refractivity (Wildman–Crippen MR) is 83.0 cm³/mol. The molecule has 1 N–H and O–H groups in total. The number of nitrogens with one attached hydrogen (secondary N) is 1. The summed E-state index contributed by atoms with van der Waals surface area (Å²) in [6, 6.07) is 1.72. The van der Waals surface area contributed by atoms with Crippen LogP contribution in [0.5, 0.6) is 5.88 Å². The van der Waals surface area contributed by atoms with Crippen LogP contribution in [0.15, 0.2) is 12.3 Å². The van der Waals surface area contributed by atoms with Gasteiger partial charge in [0.1, 0.15) is 0 Å². The van der Waals surface area contributed by atoms with Gasteiger partial charge in [-0.2, -0.15) is 4.98 Å². The minimum atomic E-state index is 0.0588. The Balaban J connectivity index is 1.78. The lowest BCUT2D eigenvalue weighted by atomic mass is 9.96. The number of hydrogen-bond donors (Lipinski definition) is 1. The highest BCUT2D eigenvalue weighted by Crippen LogP contribution is 2.21. The summed E-state index contributed by atoms with van der Waals surface area (Å²) in [6.07, 6.45) is 3.30. The van der Waals surface area contributed by atoms with Crippen molar-refractivity contribution in [3.8, 4) is 5.88 Å². The molecule has 0 aliphatic carbocycles. The number of amides is 1. The van der Waals surface area contributed by atoms with Gasteiger partial charge in [0.05, 0.1) is 13.7 Å². The zero-order chi connectivity index (χ0) is 15.8. The highest BCUT2D eigenvalue weighted by Gasteiger charge is 2.26. The normalized spacial score (nSPS) is 15.6. The summed E-state index contributed by atoms with van der Waals surface area (Å²) >= 11 is 0. The molecule has 0 saturated carbocycles. The van der Waals surface area contributed by atoms with E-state index >= 15 is 0 Å². The van der Waals surface area contributed by atoms with Gasteiger partial charge in [-0.05, 0) is 19.8 Å². The number of aromatic nitrogens is 2. The SMILES string of the molecule is CCOCCNC(=O)C1CCN(c2nccc(OC)n2)CC1. The fraction of sp³-hybridized carbons (Fsp3) is 0.667. The van der Waals surface area contributed by atoms with Gasteiger partial charge in [0, 0.05) is 44.4 Å². The van der Waals surface area contributed by atoms with Crippen molar-refractivity contribution in [3.05, 3.63) is 12.3 Å². The molecular formula is C15H24N4O3. The number of hydrogen-bond acceptors (Lipinski definition) is 6. The summed E-state index contributed by atoms with van der Waals surface area (Å²) in [5, 5.41) is 2.93. The van der Waals surface area contributed by atoms with Crippen molar-refractivity contribution in [3.63, 3.8) is 0 Å². The summed E-state index contributed by atoms with van der Waals surface area (Å²) in [4.78, 5) is 22.8. The topological polar surface area (TPSA) is 76.6 Å². The molecule has 0 bridgehead atoms. The molecule has 0 spiro atoms. The molecule has 0 unspecified atom stereocenters. The second-order valence-electron chi connectivity index (χ2n) is 5.15. The number of carbonyl (C=O) groups excluding carboxylic acids is 1. The third-order valence-electron chi connectivity index (χ3n) is 3.72. The van der Waals surface area contributed by atoms with E-state index in [1.807, 2.05) is 6.92 Å². The third-order valence-corrected chi connectivity index (χ3v) is 3.72. The van der Waals surface area contributed by atoms with Crippen molar-refractivity contribution < 1.29 is 14.3 Å². The van der Waals surface area contributed by atoms with Crippen LogP contribution in [-0.4, -0.2) is 55.8 Å². The van der Waals surface area contributed by atoms with Crippen molar-refractivity contribution in [2.75, 3.05) is 44.9 Å². The summed E-state index contributed by atoms with van der Waals surface area (Å²) in [6.45, 7) is 5.31. The zero-order valence-electron chi connectivity index (χ0n) is 13.2. The van der Waals surface area contributed by atoms with Crippen LogP contribution in [0.4, 0.5) is 5.95 Å². The quantitative estimate of drug-likeness (QED) is 0.753. The molecule has 1 aromatic heterocycles. The number of anilines is 1. The largest absolute Gasteiger partial charge is 0.481 e. The standard InChI is InChI=1S/C15H24N4O3/c1-3-22-11-8-16-14(20)12-5-9-19(10-6-12)15-17-7-4-13(18-15)21-2/h4,7,12H,3,5-6,8-11H2,1-2H3,(H,16,20). The Bertz CT molecular complexity index is 476. The second-order valence-corrected chi connectivity index (χ2v) is 5.15. The van der Waals surface area contributed by atoms with Gasteiger partial charge in [0.25, 0.3) is 0 Å². The Morgan fingerprint density at radius 1 is 1.45 bits per heavy atom. The van der Waals surface area contributed by atoms with Gasteiger partial charge < -0.3 is 19.7 Å². The van der Waals surface area contributed by atoms with Crippen molar-refractivity contribution in [1.82, 2.24) is 15.3 Å². The molecule has 0 radical (unpaired) electrons. The highest BCUT2D eigenvalue weighted by atomic mass is 16.5. The molecule has 2 heterocycles. The number of methoxy groups -OCH3 is 1. The van der Waals surface area contributed by atoms with Crippen molar-refractivity contribution >= 4 is 11.9 Å². The van der Waals surface area contributed by atoms with E-state index in [0.717, 1.165) is 25.9 Å². The van der Waals surface area contributed by atoms with Crippen LogP contribution in [-0.2, 0) is 9.53 Å². The maximum Gasteiger partial charge on any atom is 0.228 e. The van der Waals surface area contributed by atoms with Crippen LogP contribution in [0.25, 0.3) is 0 Å². The van der Waals surface area contributed by atoms with Crippen molar-refractivity contribution in [1.29, 1.82) is 0 Å². The van der Waals surface area contributed by atoms with E-state index in [2.05, 4.69) is 20.2 Å². The summed E-state index contributed by atoms with van der Waals surface area (Å²) in [5.41, 5.74) is 0. The van der Waals surface area contributed by atoms with Crippen LogP contribution >= 0.6 is 0 Å². The lowest BCUT2D eigenvalue weighted by molar-refractivity contribution is -0.125. The Morgan fingerprint density at radius 3 is 2.91 bits per heavy atom. The highest BCUT2D eigenvalue weighted by molar-refractivity contribution is 5.78. The van der Waals surface area contributed by atoms with E-state index in [0.29, 0.717) is 31.6 Å². The van der Waals surface area contributed by atoms with Crippen LogP contribution < -0.4 is 15.0 Å². The Kier molecular flexibility index (Phi) is 6.39. The van der Waals surface area contributed by atoms with Crippen LogP contribution in [0, 0.1) is 5.92 Å². The predicted octanol–water partition coefficient (Wildman–Crippen LogP) is 0.854. The molecule has 1 aliphatic rings. The van der Waals surface area contributed by atoms with Crippen LogP contribution in [0.3, 0.4) is 0 Å². The zero-order valence-corrected chi connectivity index (χ0v) is 13.2. The monoisotopic (exact) mass is 308 g/mol. The molecule has 7 nitrogen and oxygen atoms in total. The first kappa shape index (κ1) is 16.5. The van der Waals surface area contributed by atoms with Gasteiger partial charge in [0.2, 0.25) is 17.7 Å². The third kappa shape index (κ3) is 4.56. The van der Waals surface area contributed by atoms with Gasteiger partial charge in [-0.3, -0.25) is 4.79 Å². The van der Waals surface area contributed by atoms with Crippen LogP contribution in [0.1, 0.15) is 19.8 Å². The number of ether oxygens (including phenoxy) is 2. The molecule has 7 heteroatoms. The molecule has 1 fully saturated rings. The smallest absolute Gasteiger partial charge is 0.228 e. The molecule has 122 valence electrons. The fourth-order valence-corrected chi connectivity index (χ4v) is 2.48. The minimum absolute atomic E-state index is 0.0588. The summed E-state index contributed by atoms with van der Waals surface area (Å²) in [5.74, 6) is 1.39. The molecular weight excluding hydrogens is 284 g/mol. The first-order chi connectivity index (χ1) is 10.7. The van der Waals surface area contributed by atoms with E-state index in [1.165, 1.54) is 0 Å². The van der Waals surface area contributed by atoms with E-state index in [1.54, 1.807) is 19.4 Å². The van der Waals surface area contributed by atoms with Gasteiger partial charge >= 0.3 is 0 Å². The van der Waals surface area contributed by atoms with Crippen molar-refractivity contribution in [2.24, 2.45) is 5.92 Å². The molecule has 0 atom stereocenters. The van der Waals surface area contributed by atoms with Gasteiger partial charge in [0.15, 0.2) is 0 Å². The van der Waals surface area contributed by atoms with Gasteiger partial charge in [-0.1, -0.05) is 0 Å². The molecule has 22 heavy (non-hydrogen) atoms. The minimum Gasteiger partial charge on any atom is -0.481 e. The van der Waals surface area contributed by atoms with E-state index in [9.17, 15) is 4.79 Å².